The number of rotatable bonds is 1. The molecular formula is C10H12N2O3. The normalized spacial score (nSPS) is 17.1. The van der Waals surface area contributed by atoms with Crippen LogP contribution in [-0.2, 0) is 4.79 Å². The lowest BCUT2D eigenvalue weighted by atomic mass is 10.3. The lowest BCUT2D eigenvalue weighted by Gasteiger charge is -2.18. The van der Waals surface area contributed by atoms with Gasteiger partial charge < -0.3 is 14.6 Å². The number of hydrogen-bond acceptors (Lipinski definition) is 3. The molecule has 1 saturated heterocycles. The van der Waals surface area contributed by atoms with Crippen LogP contribution in [0.3, 0.4) is 0 Å². The third-order valence-electron chi connectivity index (χ3n) is 2.37. The lowest BCUT2D eigenvalue weighted by molar-refractivity contribution is -0.120. The molecule has 1 N–H and O–H groups in total. The predicted molar refractivity (Wildman–Crippen MR) is 52.2 cm³/mol. The van der Waals surface area contributed by atoms with Crippen LogP contribution in [0.1, 0.15) is 16.8 Å². The summed E-state index contributed by atoms with van der Waals surface area (Å²) in [6.07, 6.45) is 3.25. The van der Waals surface area contributed by atoms with Crippen LogP contribution in [0.4, 0.5) is 0 Å². The Labute approximate surface area is 87.0 Å². The average Bonchev–Trinajstić information content (AvgIpc) is 2.67. The predicted octanol–water partition coefficient (Wildman–Crippen LogP) is 0.242. The van der Waals surface area contributed by atoms with Gasteiger partial charge in [0.25, 0.3) is 5.91 Å². The summed E-state index contributed by atoms with van der Waals surface area (Å²) in [5.41, 5.74) is 0.532. The SMILES string of the molecule is O=C1CCN(C(=O)c2ccoc2)CCN1. The van der Waals surface area contributed by atoms with Gasteiger partial charge in [0, 0.05) is 26.1 Å². The number of amides is 2. The molecule has 0 radical (unpaired) electrons. The van der Waals surface area contributed by atoms with Crippen LogP contribution in [0, 0.1) is 0 Å². The van der Waals surface area contributed by atoms with Gasteiger partial charge in [-0.1, -0.05) is 0 Å². The molecule has 2 rings (SSSR count). The largest absolute Gasteiger partial charge is 0.472 e. The van der Waals surface area contributed by atoms with Gasteiger partial charge in [-0.2, -0.15) is 0 Å². The van der Waals surface area contributed by atoms with E-state index in [1.807, 2.05) is 0 Å². The van der Waals surface area contributed by atoms with E-state index in [4.69, 9.17) is 4.42 Å². The van der Waals surface area contributed by atoms with E-state index in [-0.39, 0.29) is 11.8 Å². The van der Waals surface area contributed by atoms with Crippen molar-refractivity contribution in [2.45, 2.75) is 6.42 Å². The Hall–Kier alpha value is -1.78. The van der Waals surface area contributed by atoms with Crippen LogP contribution in [0.25, 0.3) is 0 Å². The molecule has 0 saturated carbocycles. The Balaban J connectivity index is 2.04. The van der Waals surface area contributed by atoms with Crippen molar-refractivity contribution >= 4 is 11.8 Å². The molecule has 5 heteroatoms. The minimum Gasteiger partial charge on any atom is -0.472 e. The fourth-order valence-corrected chi connectivity index (χ4v) is 1.54. The van der Waals surface area contributed by atoms with Gasteiger partial charge in [-0.05, 0) is 6.07 Å². The highest BCUT2D eigenvalue weighted by Gasteiger charge is 2.19. The van der Waals surface area contributed by atoms with Crippen LogP contribution >= 0.6 is 0 Å². The lowest BCUT2D eigenvalue weighted by Crippen LogP contribution is -2.33. The Kier molecular flexibility index (Phi) is 2.71. The van der Waals surface area contributed by atoms with Gasteiger partial charge in [-0.25, -0.2) is 0 Å². The van der Waals surface area contributed by atoms with Gasteiger partial charge in [-0.15, -0.1) is 0 Å². The van der Waals surface area contributed by atoms with Crippen LogP contribution < -0.4 is 5.32 Å². The summed E-state index contributed by atoms with van der Waals surface area (Å²) in [6.45, 7) is 1.54. The van der Waals surface area contributed by atoms with Gasteiger partial charge in [0.05, 0.1) is 11.8 Å². The van der Waals surface area contributed by atoms with Crippen molar-refractivity contribution in [1.82, 2.24) is 10.2 Å². The minimum absolute atomic E-state index is 0.00232. The first kappa shape index (κ1) is 9.76. The van der Waals surface area contributed by atoms with E-state index in [0.29, 0.717) is 31.6 Å². The van der Waals surface area contributed by atoms with E-state index in [1.54, 1.807) is 11.0 Å². The molecule has 0 atom stereocenters. The highest BCUT2D eigenvalue weighted by atomic mass is 16.3. The van der Waals surface area contributed by atoms with Gasteiger partial charge in [0.2, 0.25) is 5.91 Å². The van der Waals surface area contributed by atoms with Gasteiger partial charge in [-0.3, -0.25) is 9.59 Å². The second-order valence-corrected chi connectivity index (χ2v) is 3.40. The number of nitrogens with zero attached hydrogens (tertiary/aromatic N) is 1. The molecule has 2 heterocycles. The first-order valence-corrected chi connectivity index (χ1v) is 4.85. The summed E-state index contributed by atoms with van der Waals surface area (Å²) in [7, 11) is 0. The second-order valence-electron chi connectivity index (χ2n) is 3.40. The minimum atomic E-state index is -0.0831. The van der Waals surface area contributed by atoms with Crippen molar-refractivity contribution < 1.29 is 14.0 Å². The van der Waals surface area contributed by atoms with E-state index in [0.717, 1.165) is 0 Å². The Bertz CT molecular complexity index is 359. The fraction of sp³-hybridized carbons (Fsp3) is 0.400. The summed E-state index contributed by atoms with van der Waals surface area (Å²) in [4.78, 5) is 24.6. The van der Waals surface area contributed by atoms with Crippen molar-refractivity contribution in [3.63, 3.8) is 0 Å². The summed E-state index contributed by atoms with van der Waals surface area (Å²) in [5.74, 6) is -0.0854. The molecule has 0 bridgehead atoms. The summed E-state index contributed by atoms with van der Waals surface area (Å²) >= 11 is 0. The standard InChI is InChI=1S/C10H12N2O3/c13-9-1-4-12(5-3-11-9)10(14)8-2-6-15-7-8/h2,6-7H,1,3-5H2,(H,11,13). The third-order valence-corrected chi connectivity index (χ3v) is 2.37. The van der Waals surface area contributed by atoms with Crippen molar-refractivity contribution in [3.8, 4) is 0 Å². The molecule has 1 aromatic heterocycles. The molecule has 0 unspecified atom stereocenters. The highest BCUT2D eigenvalue weighted by Crippen LogP contribution is 2.07. The molecule has 1 aromatic rings. The van der Waals surface area contributed by atoms with Crippen LogP contribution in [-0.4, -0.2) is 36.3 Å². The number of furan rings is 1. The molecule has 15 heavy (non-hydrogen) atoms. The van der Waals surface area contributed by atoms with E-state index in [1.165, 1.54) is 12.5 Å². The van der Waals surface area contributed by atoms with Crippen molar-refractivity contribution in [1.29, 1.82) is 0 Å². The monoisotopic (exact) mass is 208 g/mol. The number of carbonyl (C=O) groups excluding carboxylic acids is 2. The zero-order valence-corrected chi connectivity index (χ0v) is 8.23. The molecule has 0 aliphatic carbocycles. The van der Waals surface area contributed by atoms with E-state index in [2.05, 4.69) is 5.32 Å². The average molecular weight is 208 g/mol. The van der Waals surface area contributed by atoms with Gasteiger partial charge in [0.1, 0.15) is 6.26 Å². The van der Waals surface area contributed by atoms with E-state index in [9.17, 15) is 9.59 Å². The van der Waals surface area contributed by atoms with Crippen molar-refractivity contribution in [2.24, 2.45) is 0 Å². The highest BCUT2D eigenvalue weighted by molar-refractivity contribution is 5.94. The van der Waals surface area contributed by atoms with Crippen molar-refractivity contribution in [2.75, 3.05) is 19.6 Å². The summed E-state index contributed by atoms with van der Waals surface area (Å²) < 4.78 is 4.85. The maximum Gasteiger partial charge on any atom is 0.257 e. The molecule has 1 aliphatic heterocycles. The third kappa shape index (κ3) is 2.18. The number of hydrogen-bond donors (Lipinski definition) is 1. The van der Waals surface area contributed by atoms with Crippen LogP contribution in [0.15, 0.2) is 23.0 Å². The Morgan fingerprint density at radius 3 is 3.07 bits per heavy atom. The van der Waals surface area contributed by atoms with Gasteiger partial charge >= 0.3 is 0 Å². The smallest absolute Gasteiger partial charge is 0.257 e. The van der Waals surface area contributed by atoms with Gasteiger partial charge in [0.15, 0.2) is 0 Å². The zero-order valence-electron chi connectivity index (χ0n) is 8.23. The maximum atomic E-state index is 11.8. The topological polar surface area (TPSA) is 62.6 Å². The number of carbonyl (C=O) groups is 2. The Morgan fingerprint density at radius 1 is 1.47 bits per heavy atom. The summed E-state index contributed by atoms with van der Waals surface area (Å²) in [5, 5.41) is 2.72. The van der Waals surface area contributed by atoms with Crippen LogP contribution in [0.5, 0.6) is 0 Å². The molecular weight excluding hydrogens is 196 g/mol. The van der Waals surface area contributed by atoms with E-state index >= 15 is 0 Å². The Morgan fingerprint density at radius 2 is 2.33 bits per heavy atom. The van der Waals surface area contributed by atoms with Crippen molar-refractivity contribution in [3.05, 3.63) is 24.2 Å². The maximum absolute atomic E-state index is 11.8. The zero-order chi connectivity index (χ0) is 10.7. The molecule has 1 fully saturated rings. The first-order chi connectivity index (χ1) is 7.27. The number of nitrogens with one attached hydrogen (secondary N) is 1. The molecule has 5 nitrogen and oxygen atoms in total. The molecule has 0 spiro atoms. The first-order valence-electron chi connectivity index (χ1n) is 4.85. The fourth-order valence-electron chi connectivity index (χ4n) is 1.54. The van der Waals surface area contributed by atoms with E-state index < -0.39 is 0 Å². The molecule has 1 aliphatic rings. The quantitative estimate of drug-likeness (QED) is 0.719. The second kappa shape index (κ2) is 4.16. The molecule has 0 aromatic carbocycles. The van der Waals surface area contributed by atoms with Crippen LogP contribution in [0.2, 0.25) is 0 Å². The molecule has 80 valence electrons. The summed E-state index contributed by atoms with van der Waals surface area (Å²) in [6, 6.07) is 1.63. The molecule has 2 amide bonds.